The molecule has 1 aliphatic rings. The normalized spacial score (nSPS) is 18.1. The molecule has 4 unspecified atom stereocenters. The average molecular weight is 486 g/mol. The number of carboxylic acid groups (broad SMARTS) is 1. The van der Waals surface area contributed by atoms with E-state index in [0.717, 1.165) is 0 Å². The van der Waals surface area contributed by atoms with Gasteiger partial charge in [0.1, 0.15) is 18.1 Å². The summed E-state index contributed by atoms with van der Waals surface area (Å²) in [7, 11) is 0. The van der Waals surface area contributed by atoms with Crippen LogP contribution in [0.1, 0.15) is 57.8 Å². The van der Waals surface area contributed by atoms with Gasteiger partial charge in [0.15, 0.2) is 0 Å². The molecule has 11 N–H and O–H groups in total. The number of likely N-dealkylation sites (tertiary alicyclic amines) is 1. The van der Waals surface area contributed by atoms with Crippen molar-refractivity contribution in [1.82, 2.24) is 15.5 Å². The highest BCUT2D eigenvalue weighted by Gasteiger charge is 2.38. The molecule has 0 aromatic rings. The van der Waals surface area contributed by atoms with Gasteiger partial charge in [-0.25, -0.2) is 4.79 Å². The lowest BCUT2D eigenvalue weighted by Gasteiger charge is -2.28. The van der Waals surface area contributed by atoms with Gasteiger partial charge >= 0.3 is 5.97 Å². The number of nitrogens with two attached hydrogens (primary N) is 4. The van der Waals surface area contributed by atoms with Gasteiger partial charge in [0.05, 0.1) is 12.5 Å². The maximum atomic E-state index is 13.0. The van der Waals surface area contributed by atoms with E-state index < -0.39 is 53.8 Å². The van der Waals surface area contributed by atoms with Crippen molar-refractivity contribution in [2.45, 2.75) is 82.0 Å². The van der Waals surface area contributed by atoms with Crippen molar-refractivity contribution in [3.63, 3.8) is 0 Å². The number of hydrogen-bond acceptors (Lipinski definition) is 8. The molecule has 0 aromatic carbocycles. The summed E-state index contributed by atoms with van der Waals surface area (Å²) in [6.07, 6.45) is 3.37. The third kappa shape index (κ3) is 9.61. The number of rotatable bonds is 16. The largest absolute Gasteiger partial charge is 0.480 e. The van der Waals surface area contributed by atoms with Gasteiger partial charge in [0.25, 0.3) is 0 Å². The highest BCUT2D eigenvalue weighted by molar-refractivity contribution is 5.95. The van der Waals surface area contributed by atoms with Crippen LogP contribution >= 0.6 is 0 Å². The molecule has 1 rings (SSSR count). The Morgan fingerprint density at radius 1 is 0.941 bits per heavy atom. The fraction of sp³-hybridized carbons (Fsp3) is 0.762. The van der Waals surface area contributed by atoms with E-state index in [-0.39, 0.29) is 25.8 Å². The summed E-state index contributed by atoms with van der Waals surface area (Å²) in [5.41, 5.74) is 21.8. The Morgan fingerprint density at radius 3 is 2.06 bits per heavy atom. The molecule has 13 nitrogen and oxygen atoms in total. The van der Waals surface area contributed by atoms with Crippen LogP contribution in [0, 0.1) is 0 Å². The van der Waals surface area contributed by atoms with Gasteiger partial charge in [0.2, 0.25) is 23.6 Å². The number of carbonyl (C=O) groups is 5. The number of amides is 4. The molecule has 0 bridgehead atoms. The van der Waals surface area contributed by atoms with Crippen LogP contribution in [-0.2, 0) is 24.0 Å². The first-order valence-corrected chi connectivity index (χ1v) is 11.7. The number of aliphatic carboxylic acids is 1. The predicted molar refractivity (Wildman–Crippen MR) is 124 cm³/mol. The summed E-state index contributed by atoms with van der Waals surface area (Å²) < 4.78 is 0. The number of carboxylic acids is 1. The second kappa shape index (κ2) is 15.2. The zero-order chi connectivity index (χ0) is 25.7. The fourth-order valence-electron chi connectivity index (χ4n) is 3.87. The summed E-state index contributed by atoms with van der Waals surface area (Å²) >= 11 is 0. The van der Waals surface area contributed by atoms with Crippen LogP contribution in [0.4, 0.5) is 0 Å². The zero-order valence-electron chi connectivity index (χ0n) is 19.5. The van der Waals surface area contributed by atoms with Gasteiger partial charge in [-0.15, -0.1) is 0 Å². The predicted octanol–water partition coefficient (Wildman–Crippen LogP) is -2.51. The smallest absolute Gasteiger partial charge is 0.326 e. The van der Waals surface area contributed by atoms with E-state index in [2.05, 4.69) is 10.6 Å². The molecule has 4 amide bonds. The van der Waals surface area contributed by atoms with Gasteiger partial charge in [-0.3, -0.25) is 19.2 Å². The van der Waals surface area contributed by atoms with E-state index in [4.69, 9.17) is 22.9 Å². The number of unbranched alkanes of at least 4 members (excludes halogenated alkanes) is 2. The Labute approximate surface area is 199 Å². The molecular weight excluding hydrogens is 446 g/mol. The van der Waals surface area contributed by atoms with E-state index in [0.29, 0.717) is 51.6 Å². The molecule has 0 aromatic heterocycles. The molecule has 1 fully saturated rings. The van der Waals surface area contributed by atoms with E-state index in [1.807, 2.05) is 0 Å². The molecule has 0 saturated carbocycles. The van der Waals surface area contributed by atoms with Crippen molar-refractivity contribution in [2.24, 2.45) is 22.9 Å². The van der Waals surface area contributed by atoms with E-state index in [1.54, 1.807) is 0 Å². The molecule has 0 spiro atoms. The Bertz CT molecular complexity index is 720. The van der Waals surface area contributed by atoms with Crippen molar-refractivity contribution >= 4 is 29.6 Å². The van der Waals surface area contributed by atoms with Crippen molar-refractivity contribution in [3.05, 3.63) is 0 Å². The van der Waals surface area contributed by atoms with Gasteiger partial charge in [-0.05, 0) is 64.5 Å². The topological polar surface area (TPSA) is 237 Å². The first-order valence-electron chi connectivity index (χ1n) is 11.7. The molecule has 0 radical (unpaired) electrons. The van der Waals surface area contributed by atoms with Gasteiger partial charge < -0.3 is 43.6 Å². The second-order valence-electron chi connectivity index (χ2n) is 8.50. The maximum absolute atomic E-state index is 13.0. The van der Waals surface area contributed by atoms with Crippen molar-refractivity contribution in [3.8, 4) is 0 Å². The zero-order valence-corrected chi connectivity index (χ0v) is 19.5. The van der Waals surface area contributed by atoms with Crippen LogP contribution in [0.15, 0.2) is 0 Å². The quantitative estimate of drug-likeness (QED) is 0.114. The lowest BCUT2D eigenvalue weighted by Crippen LogP contribution is -2.56. The molecule has 4 atom stereocenters. The number of carbonyl (C=O) groups excluding carboxylic acids is 4. The minimum atomic E-state index is -1.17. The Balaban J connectivity index is 2.88. The van der Waals surface area contributed by atoms with Crippen molar-refractivity contribution in [1.29, 1.82) is 0 Å². The van der Waals surface area contributed by atoms with Gasteiger partial charge in [-0.2, -0.15) is 0 Å². The van der Waals surface area contributed by atoms with Crippen LogP contribution in [-0.4, -0.2) is 83.4 Å². The minimum absolute atomic E-state index is 0.213. The SMILES string of the molecule is NCCCCC(NC(=O)C(CCCCN)NC(=O)C1CCCN1C(=O)C(N)CC(N)=O)C(=O)O. The van der Waals surface area contributed by atoms with E-state index in [9.17, 15) is 29.1 Å². The third-order valence-corrected chi connectivity index (χ3v) is 5.72. The molecule has 34 heavy (non-hydrogen) atoms. The highest BCUT2D eigenvalue weighted by atomic mass is 16.4. The molecule has 194 valence electrons. The molecule has 1 aliphatic heterocycles. The first-order chi connectivity index (χ1) is 16.1. The second-order valence-corrected chi connectivity index (χ2v) is 8.50. The molecule has 1 heterocycles. The summed E-state index contributed by atoms with van der Waals surface area (Å²) in [5.74, 6) is -3.62. The van der Waals surface area contributed by atoms with Crippen molar-refractivity contribution in [2.75, 3.05) is 19.6 Å². The molecule has 1 saturated heterocycles. The first kappa shape index (κ1) is 29.3. The molecule has 0 aliphatic carbocycles. The van der Waals surface area contributed by atoms with Gasteiger partial charge in [0, 0.05) is 6.54 Å². The van der Waals surface area contributed by atoms with E-state index in [1.165, 1.54) is 4.90 Å². The summed E-state index contributed by atoms with van der Waals surface area (Å²) in [5, 5.41) is 14.6. The lowest BCUT2D eigenvalue weighted by atomic mass is 10.0. The molecule has 13 heteroatoms. The maximum Gasteiger partial charge on any atom is 0.326 e. The average Bonchev–Trinajstić information content (AvgIpc) is 3.26. The Kier molecular flexibility index (Phi) is 13.1. The standard InChI is InChI=1S/C21H39N7O6/c22-9-3-1-6-14(18(30)27-15(21(33)34)7-2-4-10-23)26-19(31)16-8-5-11-28(16)20(32)13(24)12-17(25)29/h13-16H,1-12,22-24H2,(H2,25,29)(H,26,31)(H,27,30)(H,33,34). The lowest BCUT2D eigenvalue weighted by molar-refractivity contribution is -0.143. The highest BCUT2D eigenvalue weighted by Crippen LogP contribution is 2.19. The van der Waals surface area contributed by atoms with Crippen molar-refractivity contribution < 1.29 is 29.1 Å². The van der Waals surface area contributed by atoms with Crippen LogP contribution < -0.4 is 33.6 Å². The summed E-state index contributed by atoms with van der Waals surface area (Å²) in [6.45, 7) is 1.11. The van der Waals surface area contributed by atoms with E-state index >= 15 is 0 Å². The van der Waals surface area contributed by atoms with Crippen LogP contribution in [0.2, 0.25) is 0 Å². The van der Waals surface area contributed by atoms with Gasteiger partial charge in [-0.1, -0.05) is 0 Å². The molecular formula is C21H39N7O6. The monoisotopic (exact) mass is 485 g/mol. The minimum Gasteiger partial charge on any atom is -0.480 e. The Morgan fingerprint density at radius 2 is 1.53 bits per heavy atom. The third-order valence-electron chi connectivity index (χ3n) is 5.72. The fourth-order valence-corrected chi connectivity index (χ4v) is 3.87. The number of nitrogens with zero attached hydrogens (tertiary/aromatic N) is 1. The van der Waals surface area contributed by atoms with Crippen LogP contribution in [0.3, 0.4) is 0 Å². The summed E-state index contributed by atoms with van der Waals surface area (Å²) in [4.78, 5) is 62.5. The number of hydrogen-bond donors (Lipinski definition) is 7. The Hall–Kier alpha value is -2.77. The van der Waals surface area contributed by atoms with Crippen LogP contribution in [0.5, 0.6) is 0 Å². The number of primary amides is 1. The van der Waals surface area contributed by atoms with Crippen LogP contribution in [0.25, 0.3) is 0 Å². The summed E-state index contributed by atoms with van der Waals surface area (Å²) in [6, 6.07) is -4.10. The number of nitrogens with one attached hydrogen (secondary N) is 2.